The molecule has 94 valence electrons. The molecule has 1 aliphatic heterocycles. The van der Waals surface area contributed by atoms with E-state index in [-0.39, 0.29) is 5.54 Å². The van der Waals surface area contributed by atoms with Crippen molar-refractivity contribution in [2.75, 3.05) is 5.75 Å². The van der Waals surface area contributed by atoms with Crippen molar-refractivity contribution in [3.05, 3.63) is 16.1 Å². The third-order valence-electron chi connectivity index (χ3n) is 3.82. The maximum atomic E-state index is 4.78. The van der Waals surface area contributed by atoms with Crippen molar-refractivity contribution in [2.45, 2.75) is 56.4 Å². The van der Waals surface area contributed by atoms with Gasteiger partial charge in [-0.15, -0.1) is 11.3 Å². The van der Waals surface area contributed by atoms with Crippen LogP contribution in [0.5, 0.6) is 0 Å². The highest BCUT2D eigenvalue weighted by atomic mass is 32.2. The molecule has 0 radical (unpaired) electrons. The van der Waals surface area contributed by atoms with E-state index in [0.717, 1.165) is 6.04 Å². The molecule has 1 aromatic rings. The topological polar surface area (TPSA) is 24.9 Å². The highest BCUT2D eigenvalue weighted by Gasteiger charge is 2.45. The quantitative estimate of drug-likeness (QED) is 0.910. The summed E-state index contributed by atoms with van der Waals surface area (Å²) in [4.78, 5) is 4.78. The molecule has 0 amide bonds. The van der Waals surface area contributed by atoms with Crippen LogP contribution in [0.1, 0.15) is 43.3 Å². The van der Waals surface area contributed by atoms with Crippen LogP contribution in [-0.4, -0.2) is 22.0 Å². The van der Waals surface area contributed by atoms with Gasteiger partial charge in [-0.05, 0) is 38.4 Å². The van der Waals surface area contributed by atoms with E-state index >= 15 is 0 Å². The second kappa shape index (κ2) is 4.56. The number of aromatic nitrogens is 1. The molecule has 2 fully saturated rings. The molecule has 17 heavy (non-hydrogen) atoms. The van der Waals surface area contributed by atoms with Crippen LogP contribution in [0.25, 0.3) is 0 Å². The molecule has 2 heterocycles. The fourth-order valence-corrected chi connectivity index (χ4v) is 5.04. The Morgan fingerprint density at radius 2 is 2.29 bits per heavy atom. The number of rotatable bonds is 3. The van der Waals surface area contributed by atoms with E-state index in [1.165, 1.54) is 42.1 Å². The summed E-state index contributed by atoms with van der Waals surface area (Å²) in [6.07, 6.45) is 5.27. The third-order valence-corrected chi connectivity index (χ3v) is 6.38. The Morgan fingerprint density at radius 1 is 1.47 bits per heavy atom. The summed E-state index contributed by atoms with van der Waals surface area (Å²) in [5.74, 6) is 1.31. The summed E-state index contributed by atoms with van der Waals surface area (Å²) in [6.45, 7) is 4.47. The molecule has 0 aromatic carbocycles. The molecular weight excluding hydrogens is 248 g/mol. The van der Waals surface area contributed by atoms with Crippen LogP contribution in [0.2, 0.25) is 0 Å². The second-order valence-corrected chi connectivity index (χ2v) is 7.61. The van der Waals surface area contributed by atoms with E-state index < -0.39 is 0 Å². The first-order valence-electron chi connectivity index (χ1n) is 6.52. The molecule has 2 aliphatic rings. The highest BCUT2D eigenvalue weighted by molar-refractivity contribution is 8.00. The van der Waals surface area contributed by atoms with Crippen LogP contribution >= 0.6 is 23.1 Å². The molecule has 1 saturated heterocycles. The van der Waals surface area contributed by atoms with Crippen LogP contribution in [0.4, 0.5) is 0 Å². The lowest BCUT2D eigenvalue weighted by atomic mass is 9.90. The Kier molecular flexibility index (Phi) is 3.22. The summed E-state index contributed by atoms with van der Waals surface area (Å²) in [5, 5.41) is 8.07. The van der Waals surface area contributed by atoms with Crippen LogP contribution in [0, 0.1) is 6.92 Å². The minimum Gasteiger partial charge on any atom is -0.302 e. The predicted molar refractivity (Wildman–Crippen MR) is 75.8 cm³/mol. The lowest BCUT2D eigenvalue weighted by Gasteiger charge is -2.41. The zero-order valence-corrected chi connectivity index (χ0v) is 12.2. The minimum atomic E-state index is 0.156. The number of aryl methyl sites for hydroxylation is 1. The Labute approximate surface area is 112 Å². The fraction of sp³-hybridized carbons (Fsp3) is 0.769. The Hall–Kier alpha value is -0.0600. The Balaban J connectivity index is 1.93. The molecule has 1 N–H and O–H groups in total. The van der Waals surface area contributed by atoms with Gasteiger partial charge in [-0.1, -0.05) is 6.92 Å². The van der Waals surface area contributed by atoms with Crippen LogP contribution in [0.3, 0.4) is 0 Å². The van der Waals surface area contributed by atoms with Crippen LogP contribution < -0.4 is 5.32 Å². The molecule has 2 nitrogen and oxygen atoms in total. The largest absolute Gasteiger partial charge is 0.302 e. The van der Waals surface area contributed by atoms with Gasteiger partial charge in [-0.3, -0.25) is 0 Å². The zero-order valence-electron chi connectivity index (χ0n) is 10.5. The molecule has 0 spiro atoms. The molecule has 2 unspecified atom stereocenters. The Bertz CT molecular complexity index is 400. The van der Waals surface area contributed by atoms with Crippen molar-refractivity contribution < 1.29 is 0 Å². The monoisotopic (exact) mass is 268 g/mol. The first-order chi connectivity index (χ1) is 8.21. The van der Waals surface area contributed by atoms with E-state index in [1.54, 1.807) is 0 Å². The maximum absolute atomic E-state index is 4.78. The van der Waals surface area contributed by atoms with Crippen molar-refractivity contribution in [1.82, 2.24) is 10.3 Å². The average Bonchev–Trinajstić information content (AvgIpc) is 3.02. The van der Waals surface area contributed by atoms with Gasteiger partial charge >= 0.3 is 0 Å². The number of thiazole rings is 1. The van der Waals surface area contributed by atoms with Gasteiger partial charge in [-0.25, -0.2) is 4.98 Å². The van der Waals surface area contributed by atoms with Gasteiger partial charge in [0.25, 0.3) is 0 Å². The maximum Gasteiger partial charge on any atom is 0.114 e. The molecule has 3 rings (SSSR count). The lowest BCUT2D eigenvalue weighted by molar-refractivity contribution is 0.290. The number of nitrogens with one attached hydrogen (secondary N) is 1. The van der Waals surface area contributed by atoms with Crippen LogP contribution in [-0.2, 0) is 5.54 Å². The van der Waals surface area contributed by atoms with E-state index in [4.69, 9.17) is 4.98 Å². The van der Waals surface area contributed by atoms with Gasteiger partial charge in [-0.2, -0.15) is 11.8 Å². The third kappa shape index (κ3) is 2.27. The number of nitrogens with zero attached hydrogens (tertiary/aromatic N) is 1. The van der Waals surface area contributed by atoms with Gasteiger partial charge < -0.3 is 5.32 Å². The van der Waals surface area contributed by atoms with E-state index in [1.807, 2.05) is 11.3 Å². The van der Waals surface area contributed by atoms with Gasteiger partial charge in [0.1, 0.15) is 5.01 Å². The molecule has 0 bridgehead atoms. The molecule has 1 aromatic heterocycles. The van der Waals surface area contributed by atoms with Gasteiger partial charge in [0.2, 0.25) is 0 Å². The van der Waals surface area contributed by atoms with Crippen molar-refractivity contribution in [1.29, 1.82) is 0 Å². The van der Waals surface area contributed by atoms with Gasteiger partial charge in [0.15, 0.2) is 0 Å². The summed E-state index contributed by atoms with van der Waals surface area (Å²) < 4.78 is 0. The van der Waals surface area contributed by atoms with Crippen molar-refractivity contribution in [2.24, 2.45) is 0 Å². The summed E-state index contributed by atoms with van der Waals surface area (Å²) >= 11 is 3.94. The van der Waals surface area contributed by atoms with Crippen molar-refractivity contribution >= 4 is 23.1 Å². The smallest absolute Gasteiger partial charge is 0.114 e. The van der Waals surface area contributed by atoms with E-state index in [2.05, 4.69) is 36.3 Å². The zero-order chi connectivity index (χ0) is 11.9. The fourth-order valence-electron chi connectivity index (χ4n) is 2.64. The average molecular weight is 268 g/mol. The first-order valence-corrected chi connectivity index (χ1v) is 8.45. The standard InChI is InChI=1S/C13H20N2S2/c1-9-8-17-12(14-9)13(15-11-4-5-11)6-3-7-16-10(13)2/h8,10-11,15H,3-7H2,1-2H3. The number of hydrogen-bond acceptors (Lipinski definition) is 4. The molecule has 1 saturated carbocycles. The molecule has 1 aliphatic carbocycles. The SMILES string of the molecule is Cc1csc(C2(NC3CC3)CCCSC2C)n1. The van der Waals surface area contributed by atoms with Crippen LogP contribution in [0.15, 0.2) is 5.38 Å². The molecule has 2 atom stereocenters. The first kappa shape index (κ1) is 12.0. The molecule has 4 heteroatoms. The highest BCUT2D eigenvalue weighted by Crippen LogP contribution is 2.44. The van der Waals surface area contributed by atoms with Crippen molar-refractivity contribution in [3.63, 3.8) is 0 Å². The minimum absolute atomic E-state index is 0.156. The summed E-state index contributed by atoms with van der Waals surface area (Å²) in [5.41, 5.74) is 1.33. The molecular formula is C13H20N2S2. The lowest BCUT2D eigenvalue weighted by Crippen LogP contribution is -2.52. The normalized spacial score (nSPS) is 33.9. The van der Waals surface area contributed by atoms with Crippen molar-refractivity contribution in [3.8, 4) is 0 Å². The van der Waals surface area contributed by atoms with Gasteiger partial charge in [0, 0.05) is 22.4 Å². The number of thioether (sulfide) groups is 1. The summed E-state index contributed by atoms with van der Waals surface area (Å²) in [6, 6.07) is 0.750. The van der Waals surface area contributed by atoms with E-state index in [0.29, 0.717) is 5.25 Å². The Morgan fingerprint density at radius 3 is 2.88 bits per heavy atom. The number of hydrogen-bond donors (Lipinski definition) is 1. The van der Waals surface area contributed by atoms with Gasteiger partial charge in [0.05, 0.1) is 5.54 Å². The van der Waals surface area contributed by atoms with E-state index in [9.17, 15) is 0 Å². The predicted octanol–water partition coefficient (Wildman–Crippen LogP) is 3.31. The summed E-state index contributed by atoms with van der Waals surface area (Å²) in [7, 11) is 0. The second-order valence-electron chi connectivity index (χ2n) is 5.30.